The van der Waals surface area contributed by atoms with E-state index in [-0.39, 0.29) is 12.2 Å². The first-order valence-electron chi connectivity index (χ1n) is 11.3. The van der Waals surface area contributed by atoms with Crippen LogP contribution >= 0.6 is 0 Å². The lowest BCUT2D eigenvalue weighted by molar-refractivity contribution is -0.0427. The van der Waals surface area contributed by atoms with Crippen LogP contribution in [0.2, 0.25) is 0 Å². The highest BCUT2D eigenvalue weighted by Crippen LogP contribution is 2.51. The maximum absolute atomic E-state index is 6.54. The Morgan fingerprint density at radius 3 is 2.45 bits per heavy atom. The predicted molar refractivity (Wildman–Crippen MR) is 130 cm³/mol. The first-order chi connectivity index (χ1) is 16.2. The zero-order valence-corrected chi connectivity index (χ0v) is 19.6. The van der Waals surface area contributed by atoms with Gasteiger partial charge in [0.2, 0.25) is 0 Å². The van der Waals surface area contributed by atoms with Gasteiger partial charge in [-0.15, -0.1) is 6.58 Å². The van der Waals surface area contributed by atoms with Crippen molar-refractivity contribution in [2.75, 3.05) is 27.9 Å². The predicted octanol–water partition coefficient (Wildman–Crippen LogP) is 6.03. The van der Waals surface area contributed by atoms with E-state index in [2.05, 4.69) is 24.8 Å². The van der Waals surface area contributed by atoms with Crippen molar-refractivity contribution < 1.29 is 23.7 Å². The van der Waals surface area contributed by atoms with Crippen molar-refractivity contribution >= 4 is 10.8 Å². The highest BCUT2D eigenvalue weighted by atomic mass is 16.5. The summed E-state index contributed by atoms with van der Waals surface area (Å²) >= 11 is 0. The maximum atomic E-state index is 6.54. The van der Waals surface area contributed by atoms with Crippen LogP contribution in [0, 0.1) is 0 Å². The number of rotatable bonds is 10. The van der Waals surface area contributed by atoms with Gasteiger partial charge >= 0.3 is 0 Å². The minimum atomic E-state index is -0.177. The molecule has 0 N–H and O–H groups in total. The summed E-state index contributed by atoms with van der Waals surface area (Å²) in [5.41, 5.74) is 3.32. The van der Waals surface area contributed by atoms with Crippen LogP contribution in [0.4, 0.5) is 0 Å². The second-order valence-electron chi connectivity index (χ2n) is 8.14. The Labute approximate surface area is 195 Å². The Hall–Kier alpha value is -3.02. The molecule has 0 saturated heterocycles. The molecule has 0 amide bonds. The first kappa shape index (κ1) is 23.1. The molecule has 0 aliphatic carbocycles. The van der Waals surface area contributed by atoms with Crippen molar-refractivity contribution in [2.24, 2.45) is 0 Å². The summed E-state index contributed by atoms with van der Waals surface area (Å²) in [6, 6.07) is 16.2. The molecule has 0 bridgehead atoms. The lowest BCUT2D eigenvalue weighted by Crippen LogP contribution is -2.28. The van der Waals surface area contributed by atoms with Crippen LogP contribution in [0.3, 0.4) is 0 Å². The normalized spacial score (nSPS) is 17.4. The molecule has 3 aromatic rings. The molecule has 1 aliphatic heterocycles. The van der Waals surface area contributed by atoms with E-state index in [0.29, 0.717) is 19.6 Å². The van der Waals surface area contributed by atoms with Gasteiger partial charge in [0, 0.05) is 29.5 Å². The van der Waals surface area contributed by atoms with Gasteiger partial charge in [0.25, 0.3) is 0 Å². The third-order valence-corrected chi connectivity index (χ3v) is 6.16. The third-order valence-electron chi connectivity index (χ3n) is 6.16. The molecule has 1 aliphatic rings. The monoisotopic (exact) mass is 448 g/mol. The van der Waals surface area contributed by atoms with Gasteiger partial charge in [0.1, 0.15) is 17.2 Å². The number of hydrogen-bond acceptors (Lipinski definition) is 5. The standard InChI is InChI=1S/C28H32O5/c1-5-10-24-26-22(17-20(33-24)15-16-32-18-19-11-7-6-8-12-19)27(30-3)21-13-9-14-23(29-2)25(21)28(26)31-4/h5-9,11-14,20,24H,1,10,15-18H2,2-4H3/t20-,24-/m1/s1. The van der Waals surface area contributed by atoms with Crippen molar-refractivity contribution in [3.63, 3.8) is 0 Å². The average Bonchev–Trinajstić information content (AvgIpc) is 2.85. The van der Waals surface area contributed by atoms with Crippen molar-refractivity contribution in [2.45, 2.75) is 38.1 Å². The Kier molecular flexibility index (Phi) is 7.53. The Bertz CT molecular complexity index is 1090. The molecule has 0 fully saturated rings. The van der Waals surface area contributed by atoms with Gasteiger partial charge in [-0.3, -0.25) is 0 Å². The molecular weight excluding hydrogens is 416 g/mol. The molecule has 4 rings (SSSR count). The number of fused-ring (bicyclic) bond motifs is 2. The smallest absolute Gasteiger partial charge is 0.136 e. The lowest BCUT2D eigenvalue weighted by Gasteiger charge is -2.35. The van der Waals surface area contributed by atoms with Crippen molar-refractivity contribution in [3.8, 4) is 17.2 Å². The topological polar surface area (TPSA) is 46.2 Å². The highest BCUT2D eigenvalue weighted by molar-refractivity contribution is 6.00. The molecule has 0 aromatic heterocycles. The van der Waals surface area contributed by atoms with E-state index in [0.717, 1.165) is 52.0 Å². The summed E-state index contributed by atoms with van der Waals surface area (Å²) in [5, 5.41) is 1.88. The summed E-state index contributed by atoms with van der Waals surface area (Å²) in [6.45, 7) is 5.18. The minimum Gasteiger partial charge on any atom is -0.496 e. The molecule has 0 saturated carbocycles. The summed E-state index contributed by atoms with van der Waals surface area (Å²) in [7, 11) is 5.09. The number of methoxy groups -OCH3 is 3. The second kappa shape index (κ2) is 10.7. The molecule has 0 spiro atoms. The molecule has 33 heavy (non-hydrogen) atoms. The van der Waals surface area contributed by atoms with Gasteiger partial charge in [-0.25, -0.2) is 0 Å². The third kappa shape index (κ3) is 4.70. The summed E-state index contributed by atoms with van der Waals surface area (Å²) in [6.07, 6.45) is 3.92. The van der Waals surface area contributed by atoms with Crippen molar-refractivity contribution in [3.05, 3.63) is 77.9 Å². The summed E-state index contributed by atoms with van der Waals surface area (Å²) in [5.74, 6) is 2.38. The lowest BCUT2D eigenvalue weighted by atomic mass is 9.86. The van der Waals surface area contributed by atoms with Gasteiger partial charge in [-0.2, -0.15) is 0 Å². The fraction of sp³-hybridized carbons (Fsp3) is 0.357. The number of benzene rings is 3. The molecular formula is C28H32O5. The number of ether oxygens (including phenoxy) is 5. The first-order valence-corrected chi connectivity index (χ1v) is 11.3. The van der Waals surface area contributed by atoms with Crippen molar-refractivity contribution in [1.29, 1.82) is 0 Å². The van der Waals surface area contributed by atoms with Crippen LogP contribution in [-0.4, -0.2) is 34.0 Å². The summed E-state index contributed by atoms with van der Waals surface area (Å²) in [4.78, 5) is 0. The fourth-order valence-corrected chi connectivity index (χ4v) is 4.72. The molecule has 0 unspecified atom stereocenters. The average molecular weight is 449 g/mol. The Morgan fingerprint density at radius 1 is 0.970 bits per heavy atom. The van der Waals surface area contributed by atoms with Crippen LogP contribution in [0.25, 0.3) is 10.8 Å². The van der Waals surface area contributed by atoms with E-state index in [9.17, 15) is 0 Å². The molecule has 5 nitrogen and oxygen atoms in total. The van der Waals surface area contributed by atoms with Crippen LogP contribution in [0.1, 0.15) is 35.6 Å². The maximum Gasteiger partial charge on any atom is 0.136 e. The quantitative estimate of drug-likeness (QED) is 0.280. The zero-order valence-electron chi connectivity index (χ0n) is 19.6. The molecule has 0 radical (unpaired) electrons. The largest absolute Gasteiger partial charge is 0.496 e. The van der Waals surface area contributed by atoms with Gasteiger partial charge in [-0.1, -0.05) is 48.5 Å². The Morgan fingerprint density at radius 2 is 1.76 bits per heavy atom. The summed E-state index contributed by atoms with van der Waals surface area (Å²) < 4.78 is 30.1. The van der Waals surface area contributed by atoms with Gasteiger partial charge in [-0.05, 0) is 24.5 Å². The fourth-order valence-electron chi connectivity index (χ4n) is 4.72. The van der Waals surface area contributed by atoms with E-state index in [1.807, 2.05) is 36.4 Å². The van der Waals surface area contributed by atoms with E-state index >= 15 is 0 Å². The molecule has 174 valence electrons. The number of hydrogen-bond donors (Lipinski definition) is 0. The molecule has 1 heterocycles. The van der Waals surface area contributed by atoms with Crippen LogP contribution < -0.4 is 14.2 Å². The van der Waals surface area contributed by atoms with E-state index in [4.69, 9.17) is 23.7 Å². The van der Waals surface area contributed by atoms with Crippen LogP contribution in [-0.2, 0) is 22.5 Å². The van der Waals surface area contributed by atoms with Crippen LogP contribution in [0.5, 0.6) is 17.2 Å². The zero-order chi connectivity index (χ0) is 23.2. The minimum absolute atomic E-state index is 0.0138. The molecule has 3 aromatic carbocycles. The second-order valence-corrected chi connectivity index (χ2v) is 8.14. The van der Waals surface area contributed by atoms with E-state index < -0.39 is 0 Å². The van der Waals surface area contributed by atoms with Gasteiger partial charge < -0.3 is 23.7 Å². The molecule has 2 atom stereocenters. The SMILES string of the molecule is C=CC[C@H]1O[C@H](CCOCc2ccccc2)Cc2c1c(OC)c1c(OC)cccc1c2OC. The van der Waals surface area contributed by atoms with E-state index in [1.54, 1.807) is 21.3 Å². The highest BCUT2D eigenvalue weighted by Gasteiger charge is 2.34. The van der Waals surface area contributed by atoms with Gasteiger partial charge in [0.15, 0.2) is 0 Å². The Balaban J connectivity index is 1.65. The molecule has 5 heteroatoms. The van der Waals surface area contributed by atoms with E-state index in [1.165, 1.54) is 5.56 Å². The van der Waals surface area contributed by atoms with Crippen LogP contribution in [0.15, 0.2) is 61.2 Å². The van der Waals surface area contributed by atoms with Crippen molar-refractivity contribution in [1.82, 2.24) is 0 Å². The van der Waals surface area contributed by atoms with Gasteiger partial charge in [0.05, 0.1) is 45.5 Å².